The van der Waals surface area contributed by atoms with Gasteiger partial charge in [0.25, 0.3) is 11.5 Å². The zero-order valence-corrected chi connectivity index (χ0v) is 15.0. The highest BCUT2D eigenvalue weighted by Gasteiger charge is 2.15. The van der Waals surface area contributed by atoms with Crippen LogP contribution in [-0.2, 0) is 6.42 Å². The van der Waals surface area contributed by atoms with Crippen molar-refractivity contribution in [3.8, 4) is 0 Å². The molecule has 134 valence electrons. The topological polar surface area (TPSA) is 65.2 Å². The minimum absolute atomic E-state index is 0.161. The monoisotopic (exact) mass is 349 g/mol. The van der Waals surface area contributed by atoms with E-state index in [9.17, 15) is 9.59 Å². The van der Waals surface area contributed by atoms with Gasteiger partial charge in [0.2, 0.25) is 0 Å². The van der Waals surface area contributed by atoms with Crippen molar-refractivity contribution in [1.82, 2.24) is 15.2 Å². The highest BCUT2D eigenvalue weighted by atomic mass is 16.2. The van der Waals surface area contributed by atoms with Crippen molar-refractivity contribution in [3.63, 3.8) is 0 Å². The average molecular weight is 349 g/mol. The molecule has 0 spiro atoms. The van der Waals surface area contributed by atoms with Crippen LogP contribution in [0.15, 0.2) is 65.5 Å². The van der Waals surface area contributed by atoms with Gasteiger partial charge in [-0.25, -0.2) is 0 Å². The van der Waals surface area contributed by atoms with Gasteiger partial charge in [0, 0.05) is 18.0 Å². The summed E-state index contributed by atoms with van der Waals surface area (Å²) in [4.78, 5) is 29.4. The summed E-state index contributed by atoms with van der Waals surface area (Å²) in [6.45, 7) is 0.496. The van der Waals surface area contributed by atoms with Crippen molar-refractivity contribution in [1.29, 1.82) is 0 Å². The molecule has 1 heterocycles. The van der Waals surface area contributed by atoms with E-state index in [0.717, 1.165) is 11.8 Å². The van der Waals surface area contributed by atoms with E-state index in [1.54, 1.807) is 12.1 Å². The third-order valence-corrected chi connectivity index (χ3v) is 4.54. The number of H-pyrrole nitrogens is 1. The van der Waals surface area contributed by atoms with Gasteiger partial charge in [-0.1, -0.05) is 48.5 Å². The van der Waals surface area contributed by atoms with Gasteiger partial charge in [-0.05, 0) is 43.6 Å². The quantitative estimate of drug-likeness (QED) is 0.718. The van der Waals surface area contributed by atoms with Gasteiger partial charge in [-0.2, -0.15) is 0 Å². The Labute approximate surface area is 152 Å². The molecule has 0 aliphatic carbocycles. The van der Waals surface area contributed by atoms with Gasteiger partial charge < -0.3 is 15.2 Å². The van der Waals surface area contributed by atoms with Crippen LogP contribution in [0, 0.1) is 0 Å². The normalized spacial score (nSPS) is 12.3. The molecule has 1 unspecified atom stereocenters. The lowest BCUT2D eigenvalue weighted by Crippen LogP contribution is -2.42. The number of carbonyl (C=O) groups excluding carboxylic acids is 1. The van der Waals surface area contributed by atoms with E-state index in [2.05, 4.69) is 27.3 Å². The molecular weight excluding hydrogens is 326 g/mol. The number of pyridine rings is 1. The van der Waals surface area contributed by atoms with Crippen LogP contribution in [0.25, 0.3) is 10.8 Å². The van der Waals surface area contributed by atoms with Crippen LogP contribution < -0.4 is 10.9 Å². The number of hydrogen-bond acceptors (Lipinski definition) is 3. The molecule has 0 radical (unpaired) electrons. The van der Waals surface area contributed by atoms with Crippen molar-refractivity contribution in [2.45, 2.75) is 12.5 Å². The lowest BCUT2D eigenvalue weighted by atomic mass is 10.1. The van der Waals surface area contributed by atoms with Gasteiger partial charge in [-0.3, -0.25) is 9.59 Å². The molecule has 1 aromatic heterocycles. The fourth-order valence-corrected chi connectivity index (χ4v) is 2.96. The number of fused-ring (bicyclic) bond motifs is 1. The number of rotatable bonds is 6. The fourth-order valence-electron chi connectivity index (χ4n) is 2.96. The molecule has 2 N–H and O–H groups in total. The van der Waals surface area contributed by atoms with E-state index in [4.69, 9.17) is 0 Å². The predicted molar refractivity (Wildman–Crippen MR) is 105 cm³/mol. The molecule has 3 rings (SSSR count). The molecule has 1 atom stereocenters. The van der Waals surface area contributed by atoms with Crippen LogP contribution in [0.1, 0.15) is 16.1 Å². The summed E-state index contributed by atoms with van der Waals surface area (Å²) >= 11 is 0. The summed E-state index contributed by atoms with van der Waals surface area (Å²) in [7, 11) is 4.00. The van der Waals surface area contributed by atoms with Crippen molar-refractivity contribution in [2.75, 3.05) is 20.6 Å². The maximum Gasteiger partial charge on any atom is 0.267 e. The maximum atomic E-state index is 12.5. The summed E-state index contributed by atoms with van der Waals surface area (Å²) in [5.74, 6) is -0.271. The van der Waals surface area contributed by atoms with Gasteiger partial charge in [-0.15, -0.1) is 0 Å². The van der Waals surface area contributed by atoms with Gasteiger partial charge in [0.15, 0.2) is 0 Å². The molecule has 0 aliphatic heterocycles. The number of aromatic nitrogens is 1. The molecule has 0 fully saturated rings. The molecule has 0 saturated carbocycles. The van der Waals surface area contributed by atoms with Crippen LogP contribution in [-0.4, -0.2) is 42.5 Å². The van der Waals surface area contributed by atoms with E-state index >= 15 is 0 Å². The van der Waals surface area contributed by atoms with Crippen LogP contribution in [0.5, 0.6) is 0 Å². The Hall–Kier alpha value is -2.92. The Balaban J connectivity index is 1.71. The number of benzene rings is 2. The van der Waals surface area contributed by atoms with Gasteiger partial charge in [0.1, 0.15) is 5.69 Å². The number of amides is 1. The highest BCUT2D eigenvalue weighted by molar-refractivity contribution is 5.96. The first kappa shape index (κ1) is 17.9. The molecule has 5 heteroatoms. The third-order valence-electron chi connectivity index (χ3n) is 4.54. The number of carbonyl (C=O) groups is 1. The smallest absolute Gasteiger partial charge is 0.267 e. The molecule has 3 aromatic rings. The predicted octanol–water partition coefficient (Wildman–Crippen LogP) is 2.43. The summed E-state index contributed by atoms with van der Waals surface area (Å²) in [6.07, 6.45) is 0.836. The molecule has 0 saturated heterocycles. The summed E-state index contributed by atoms with van der Waals surface area (Å²) < 4.78 is 0. The van der Waals surface area contributed by atoms with Crippen molar-refractivity contribution in [3.05, 3.63) is 82.3 Å². The Bertz CT molecular complexity index is 948. The average Bonchev–Trinajstić information content (AvgIpc) is 2.65. The fraction of sp³-hybridized carbons (Fsp3) is 0.238. The maximum absolute atomic E-state index is 12.5. The highest BCUT2D eigenvalue weighted by Crippen LogP contribution is 2.10. The Morgan fingerprint density at radius 2 is 1.77 bits per heavy atom. The number of nitrogens with one attached hydrogen (secondary N) is 2. The lowest BCUT2D eigenvalue weighted by molar-refractivity contribution is 0.0936. The summed E-state index contributed by atoms with van der Waals surface area (Å²) in [5, 5.41) is 4.28. The first-order valence-corrected chi connectivity index (χ1v) is 8.65. The SMILES string of the molecule is CN(C)C(CNC(=O)c1cc2ccccc2c(=O)[nH]1)Cc1ccccc1. The molecule has 0 aliphatic rings. The zero-order valence-electron chi connectivity index (χ0n) is 15.0. The van der Waals surface area contributed by atoms with Crippen LogP contribution in [0.4, 0.5) is 0 Å². The third kappa shape index (κ3) is 4.18. The van der Waals surface area contributed by atoms with Gasteiger partial charge in [0.05, 0.1) is 0 Å². The minimum Gasteiger partial charge on any atom is -0.349 e. The van der Waals surface area contributed by atoms with Crippen molar-refractivity contribution < 1.29 is 4.79 Å². The zero-order chi connectivity index (χ0) is 18.5. The van der Waals surface area contributed by atoms with Crippen molar-refractivity contribution in [2.24, 2.45) is 0 Å². The standard InChI is InChI=1S/C21H23N3O2/c1-24(2)17(12-15-8-4-3-5-9-15)14-22-21(26)19-13-16-10-6-7-11-18(16)20(25)23-19/h3-11,13,17H,12,14H2,1-2H3,(H,22,26)(H,23,25). The second-order valence-corrected chi connectivity index (χ2v) is 6.62. The number of hydrogen-bond donors (Lipinski definition) is 2. The van der Waals surface area contributed by atoms with E-state index in [1.165, 1.54) is 5.56 Å². The van der Waals surface area contributed by atoms with Crippen LogP contribution in [0.2, 0.25) is 0 Å². The van der Waals surface area contributed by atoms with E-state index < -0.39 is 0 Å². The summed E-state index contributed by atoms with van der Waals surface area (Å²) in [6, 6.07) is 19.3. The summed E-state index contributed by atoms with van der Waals surface area (Å²) in [5.41, 5.74) is 1.26. The van der Waals surface area contributed by atoms with E-state index in [0.29, 0.717) is 11.9 Å². The number of nitrogens with zero attached hydrogens (tertiary/aromatic N) is 1. The second kappa shape index (κ2) is 7.97. The Morgan fingerprint density at radius 1 is 1.08 bits per heavy atom. The molecular formula is C21H23N3O2. The molecule has 26 heavy (non-hydrogen) atoms. The van der Waals surface area contributed by atoms with Crippen LogP contribution >= 0.6 is 0 Å². The Kier molecular flexibility index (Phi) is 5.49. The number of aromatic amines is 1. The first-order chi connectivity index (χ1) is 12.5. The largest absolute Gasteiger partial charge is 0.349 e. The second-order valence-electron chi connectivity index (χ2n) is 6.62. The molecule has 5 nitrogen and oxygen atoms in total. The molecule has 1 amide bonds. The molecule has 0 bridgehead atoms. The first-order valence-electron chi connectivity index (χ1n) is 8.65. The van der Waals surface area contributed by atoms with E-state index in [1.807, 2.05) is 50.5 Å². The van der Waals surface area contributed by atoms with Crippen molar-refractivity contribution >= 4 is 16.7 Å². The lowest BCUT2D eigenvalue weighted by Gasteiger charge is -2.24. The van der Waals surface area contributed by atoms with Gasteiger partial charge >= 0.3 is 0 Å². The molecule has 2 aromatic carbocycles. The minimum atomic E-state index is -0.271. The van der Waals surface area contributed by atoms with Crippen LogP contribution in [0.3, 0.4) is 0 Å². The number of likely N-dealkylation sites (N-methyl/N-ethyl adjacent to an activating group) is 1. The van der Waals surface area contributed by atoms with E-state index in [-0.39, 0.29) is 23.2 Å². The Morgan fingerprint density at radius 3 is 2.50 bits per heavy atom.